The molecule has 0 radical (unpaired) electrons. The highest BCUT2D eigenvalue weighted by Crippen LogP contribution is 2.35. The number of hydrogen-bond acceptors (Lipinski definition) is 5. The molecule has 0 aliphatic rings. The van der Waals surface area contributed by atoms with Crippen molar-refractivity contribution in [2.24, 2.45) is 0 Å². The van der Waals surface area contributed by atoms with Crippen LogP contribution in [0, 0.1) is 0 Å². The standard InChI is InChI=1S/C13H15BrCl2N4O/c1-3-4-17-7(2)12-19-20-13(21-12)18-11-9(15)5-8(14)6-10(11)16/h5-7,17H,3-4H2,1-2H3,(H,18,20). The highest BCUT2D eigenvalue weighted by molar-refractivity contribution is 9.10. The van der Waals surface area contributed by atoms with Crippen LogP contribution in [0.3, 0.4) is 0 Å². The van der Waals surface area contributed by atoms with Crippen molar-refractivity contribution >= 4 is 50.8 Å². The molecule has 1 aromatic heterocycles. The summed E-state index contributed by atoms with van der Waals surface area (Å²) in [6, 6.07) is 3.71. The van der Waals surface area contributed by atoms with E-state index in [-0.39, 0.29) is 12.1 Å². The van der Waals surface area contributed by atoms with Crippen molar-refractivity contribution in [1.29, 1.82) is 0 Å². The van der Waals surface area contributed by atoms with Gasteiger partial charge in [-0.1, -0.05) is 51.2 Å². The molecule has 2 aromatic rings. The molecule has 0 spiro atoms. The van der Waals surface area contributed by atoms with Gasteiger partial charge in [-0.05, 0) is 32.0 Å². The Balaban J connectivity index is 2.13. The molecule has 5 nitrogen and oxygen atoms in total. The van der Waals surface area contributed by atoms with Crippen LogP contribution in [0.1, 0.15) is 32.2 Å². The third-order valence-corrected chi connectivity index (χ3v) is 3.80. The smallest absolute Gasteiger partial charge is 0.320 e. The van der Waals surface area contributed by atoms with Gasteiger partial charge in [0.1, 0.15) is 0 Å². The predicted octanol–water partition coefficient (Wildman–Crippen LogP) is 4.94. The Hall–Kier alpha value is -0.820. The van der Waals surface area contributed by atoms with E-state index in [1.165, 1.54) is 0 Å². The molecule has 1 heterocycles. The molecule has 21 heavy (non-hydrogen) atoms. The van der Waals surface area contributed by atoms with Crippen LogP contribution in [0.15, 0.2) is 21.0 Å². The van der Waals surface area contributed by atoms with Crippen LogP contribution in [-0.4, -0.2) is 16.7 Å². The maximum Gasteiger partial charge on any atom is 0.320 e. The molecule has 0 aliphatic carbocycles. The zero-order chi connectivity index (χ0) is 15.4. The molecular weight excluding hydrogens is 379 g/mol. The Morgan fingerprint density at radius 1 is 1.29 bits per heavy atom. The highest BCUT2D eigenvalue weighted by Gasteiger charge is 2.15. The molecule has 0 saturated carbocycles. The second kappa shape index (κ2) is 7.45. The lowest BCUT2D eigenvalue weighted by atomic mass is 10.3. The maximum atomic E-state index is 6.14. The van der Waals surface area contributed by atoms with E-state index < -0.39 is 0 Å². The fourth-order valence-electron chi connectivity index (χ4n) is 1.68. The van der Waals surface area contributed by atoms with Crippen LogP contribution < -0.4 is 10.6 Å². The van der Waals surface area contributed by atoms with Crippen LogP contribution in [-0.2, 0) is 0 Å². The summed E-state index contributed by atoms with van der Waals surface area (Å²) in [5.74, 6) is 0.510. The molecule has 1 atom stereocenters. The topological polar surface area (TPSA) is 63.0 Å². The van der Waals surface area contributed by atoms with E-state index in [1.54, 1.807) is 12.1 Å². The van der Waals surface area contributed by atoms with Crippen LogP contribution in [0.4, 0.5) is 11.7 Å². The third kappa shape index (κ3) is 4.32. The molecule has 0 bridgehead atoms. The van der Waals surface area contributed by atoms with Gasteiger partial charge in [0.25, 0.3) is 0 Å². The molecule has 1 aromatic carbocycles. The van der Waals surface area contributed by atoms with Gasteiger partial charge < -0.3 is 15.1 Å². The Morgan fingerprint density at radius 3 is 2.57 bits per heavy atom. The predicted molar refractivity (Wildman–Crippen MR) is 88.5 cm³/mol. The van der Waals surface area contributed by atoms with Gasteiger partial charge in [0.2, 0.25) is 5.89 Å². The number of hydrogen-bond donors (Lipinski definition) is 2. The minimum atomic E-state index is -0.0103. The van der Waals surface area contributed by atoms with Gasteiger partial charge in [0, 0.05) is 4.47 Å². The summed E-state index contributed by atoms with van der Waals surface area (Å²) in [5.41, 5.74) is 0.533. The molecule has 0 saturated heterocycles. The number of aromatic nitrogens is 2. The molecule has 1 unspecified atom stereocenters. The van der Waals surface area contributed by atoms with E-state index in [1.807, 2.05) is 6.92 Å². The number of nitrogens with zero attached hydrogens (tertiary/aromatic N) is 2. The molecule has 2 N–H and O–H groups in total. The summed E-state index contributed by atoms with van der Waals surface area (Å²) in [6.45, 7) is 4.95. The van der Waals surface area contributed by atoms with Crippen molar-refractivity contribution in [3.05, 3.63) is 32.5 Å². The van der Waals surface area contributed by atoms with Gasteiger partial charge in [-0.15, -0.1) is 5.10 Å². The molecular formula is C13H15BrCl2N4O. The summed E-state index contributed by atoms with van der Waals surface area (Å²) in [6.07, 6.45) is 1.04. The highest BCUT2D eigenvalue weighted by atomic mass is 79.9. The van der Waals surface area contributed by atoms with Crippen LogP contribution >= 0.6 is 39.1 Å². The lowest BCUT2D eigenvalue weighted by Crippen LogP contribution is -2.19. The number of nitrogens with one attached hydrogen (secondary N) is 2. The van der Waals surface area contributed by atoms with Gasteiger partial charge in [-0.2, -0.15) is 0 Å². The summed E-state index contributed by atoms with van der Waals surface area (Å²) in [5, 5.41) is 15.1. The minimum Gasteiger partial charge on any atom is -0.406 e. The summed E-state index contributed by atoms with van der Waals surface area (Å²) < 4.78 is 6.36. The van der Waals surface area contributed by atoms with Gasteiger partial charge in [-0.3, -0.25) is 0 Å². The van der Waals surface area contributed by atoms with E-state index in [0.717, 1.165) is 17.4 Å². The summed E-state index contributed by atoms with van der Waals surface area (Å²) in [4.78, 5) is 0. The average molecular weight is 394 g/mol. The first-order valence-electron chi connectivity index (χ1n) is 6.49. The van der Waals surface area contributed by atoms with E-state index >= 15 is 0 Å². The van der Waals surface area contributed by atoms with Crippen molar-refractivity contribution < 1.29 is 4.42 Å². The molecule has 2 rings (SSSR count). The number of benzene rings is 1. The minimum absolute atomic E-state index is 0.0103. The fraction of sp³-hybridized carbons (Fsp3) is 0.385. The van der Waals surface area contributed by atoms with Gasteiger partial charge in [0.05, 0.1) is 21.8 Å². The summed E-state index contributed by atoms with van der Waals surface area (Å²) >= 11 is 15.6. The van der Waals surface area contributed by atoms with Gasteiger partial charge in [0.15, 0.2) is 0 Å². The Labute approximate surface area is 141 Å². The van der Waals surface area contributed by atoms with Crippen LogP contribution in [0.25, 0.3) is 0 Å². The van der Waals surface area contributed by atoms with E-state index in [2.05, 4.69) is 43.7 Å². The van der Waals surface area contributed by atoms with Crippen molar-refractivity contribution in [2.45, 2.75) is 26.3 Å². The number of halogens is 3. The lowest BCUT2D eigenvalue weighted by molar-refractivity contribution is 0.424. The normalized spacial score (nSPS) is 12.4. The van der Waals surface area contributed by atoms with Gasteiger partial charge >= 0.3 is 6.01 Å². The van der Waals surface area contributed by atoms with E-state index in [9.17, 15) is 0 Å². The largest absolute Gasteiger partial charge is 0.406 e. The van der Waals surface area contributed by atoms with Crippen molar-refractivity contribution in [1.82, 2.24) is 15.5 Å². The van der Waals surface area contributed by atoms with Crippen LogP contribution in [0.5, 0.6) is 0 Å². The second-order valence-corrected chi connectivity index (χ2v) is 6.22. The first kappa shape index (κ1) is 16.5. The average Bonchev–Trinajstić information content (AvgIpc) is 2.89. The SMILES string of the molecule is CCCNC(C)c1nnc(Nc2c(Cl)cc(Br)cc2Cl)o1. The molecule has 0 amide bonds. The number of rotatable bonds is 6. The molecule has 8 heteroatoms. The maximum absolute atomic E-state index is 6.14. The molecule has 114 valence electrons. The van der Waals surface area contributed by atoms with Crippen molar-refractivity contribution in [3.8, 4) is 0 Å². The zero-order valence-electron chi connectivity index (χ0n) is 11.6. The quantitative estimate of drug-likeness (QED) is 0.727. The van der Waals surface area contributed by atoms with Crippen LogP contribution in [0.2, 0.25) is 10.0 Å². The van der Waals surface area contributed by atoms with Crippen molar-refractivity contribution in [3.63, 3.8) is 0 Å². The Bertz CT molecular complexity index is 597. The summed E-state index contributed by atoms with van der Waals surface area (Å²) in [7, 11) is 0. The Morgan fingerprint density at radius 2 is 1.95 bits per heavy atom. The first-order valence-corrected chi connectivity index (χ1v) is 8.04. The van der Waals surface area contributed by atoms with E-state index in [0.29, 0.717) is 21.6 Å². The molecule has 0 aliphatic heterocycles. The zero-order valence-corrected chi connectivity index (χ0v) is 14.7. The second-order valence-electron chi connectivity index (χ2n) is 4.49. The number of anilines is 2. The van der Waals surface area contributed by atoms with Gasteiger partial charge in [-0.25, -0.2) is 0 Å². The van der Waals surface area contributed by atoms with E-state index in [4.69, 9.17) is 27.6 Å². The Kier molecular flexibility index (Phi) is 5.87. The fourth-order valence-corrected chi connectivity index (χ4v) is 2.98. The molecule has 0 fully saturated rings. The first-order chi connectivity index (χ1) is 10.0. The third-order valence-electron chi connectivity index (χ3n) is 2.75. The lowest BCUT2D eigenvalue weighted by Gasteiger charge is -2.08. The van der Waals surface area contributed by atoms with Crippen molar-refractivity contribution in [2.75, 3.05) is 11.9 Å². The monoisotopic (exact) mass is 392 g/mol.